The maximum Gasteiger partial charge on any atom is 0.267 e. The zero-order valence-electron chi connectivity index (χ0n) is 20.1. The summed E-state index contributed by atoms with van der Waals surface area (Å²) in [5.41, 5.74) is 3.11. The van der Waals surface area contributed by atoms with Gasteiger partial charge in [-0.1, -0.05) is 60.3 Å². The van der Waals surface area contributed by atoms with Crippen molar-refractivity contribution in [2.75, 3.05) is 12.9 Å². The fraction of sp³-hybridized carbons (Fsp3) is 0.185. The number of amides is 1. The average Bonchev–Trinajstić information content (AvgIpc) is 3.32. The molecule has 0 aliphatic carbocycles. The molecule has 9 heteroatoms. The summed E-state index contributed by atoms with van der Waals surface area (Å²) in [7, 11) is 1.61. The topological polar surface area (TPSA) is 90.5 Å². The Hall–Kier alpha value is -4.11. The van der Waals surface area contributed by atoms with Gasteiger partial charge in [-0.2, -0.15) is 0 Å². The second kappa shape index (κ2) is 9.87. The number of para-hydroxylation sites is 3. The molecule has 0 saturated heterocycles. The molecule has 0 saturated carbocycles. The Morgan fingerprint density at radius 3 is 2.56 bits per heavy atom. The highest BCUT2D eigenvalue weighted by Gasteiger charge is 2.20. The van der Waals surface area contributed by atoms with E-state index in [1.807, 2.05) is 85.0 Å². The monoisotopic (exact) mass is 499 g/mol. The molecule has 2 heterocycles. The molecule has 1 atom stereocenters. The maximum absolute atomic E-state index is 13.5. The van der Waals surface area contributed by atoms with E-state index >= 15 is 0 Å². The first kappa shape index (κ1) is 23.6. The van der Waals surface area contributed by atoms with Crippen molar-refractivity contribution < 1.29 is 9.53 Å². The molecule has 182 valence electrons. The molecular formula is C27H25N5O3S. The molecule has 2 aromatic heterocycles. The van der Waals surface area contributed by atoms with Crippen molar-refractivity contribution in [3.63, 3.8) is 0 Å². The number of nitrogens with zero attached hydrogens (tertiary/aromatic N) is 4. The molecule has 0 radical (unpaired) electrons. The van der Waals surface area contributed by atoms with Gasteiger partial charge in [0.05, 0.1) is 35.5 Å². The molecule has 1 unspecified atom stereocenters. The highest BCUT2D eigenvalue weighted by molar-refractivity contribution is 7.99. The van der Waals surface area contributed by atoms with Gasteiger partial charge in [-0.3, -0.25) is 14.0 Å². The highest BCUT2D eigenvalue weighted by atomic mass is 32.2. The lowest BCUT2D eigenvalue weighted by Gasteiger charge is -2.17. The fourth-order valence-corrected chi connectivity index (χ4v) is 5.07. The summed E-state index contributed by atoms with van der Waals surface area (Å²) < 4.78 is 8.84. The van der Waals surface area contributed by atoms with Crippen LogP contribution in [0, 0.1) is 6.92 Å². The quantitative estimate of drug-likeness (QED) is 0.336. The molecule has 36 heavy (non-hydrogen) atoms. The van der Waals surface area contributed by atoms with Gasteiger partial charge < -0.3 is 10.1 Å². The summed E-state index contributed by atoms with van der Waals surface area (Å²) in [4.78, 5) is 26.3. The van der Waals surface area contributed by atoms with Gasteiger partial charge in [0.25, 0.3) is 5.56 Å². The highest BCUT2D eigenvalue weighted by Crippen LogP contribution is 2.26. The van der Waals surface area contributed by atoms with Gasteiger partial charge in [0.15, 0.2) is 5.16 Å². The Bertz CT molecular complexity index is 1640. The maximum atomic E-state index is 13.5. The normalized spacial score (nSPS) is 12.1. The number of nitrogens with one attached hydrogen (secondary N) is 1. The molecule has 0 bridgehead atoms. The second-order valence-corrected chi connectivity index (χ2v) is 9.32. The van der Waals surface area contributed by atoms with E-state index in [2.05, 4.69) is 15.5 Å². The smallest absolute Gasteiger partial charge is 0.267 e. The number of carbonyl (C=O) groups excluding carboxylic acids is 1. The van der Waals surface area contributed by atoms with Crippen LogP contribution in [0.1, 0.15) is 24.1 Å². The van der Waals surface area contributed by atoms with Crippen LogP contribution >= 0.6 is 11.8 Å². The van der Waals surface area contributed by atoms with Crippen LogP contribution in [-0.2, 0) is 4.79 Å². The minimum absolute atomic E-state index is 0.137. The van der Waals surface area contributed by atoms with Crippen molar-refractivity contribution in [1.82, 2.24) is 24.5 Å². The number of methoxy groups -OCH3 is 1. The van der Waals surface area contributed by atoms with Gasteiger partial charge in [0.1, 0.15) is 5.75 Å². The molecule has 3 aromatic carbocycles. The summed E-state index contributed by atoms with van der Waals surface area (Å²) >= 11 is 1.27. The predicted octanol–water partition coefficient (Wildman–Crippen LogP) is 4.32. The Morgan fingerprint density at radius 1 is 1.03 bits per heavy atom. The van der Waals surface area contributed by atoms with Crippen molar-refractivity contribution in [3.05, 3.63) is 94.3 Å². The lowest BCUT2D eigenvalue weighted by Crippen LogP contribution is -2.28. The second-order valence-electron chi connectivity index (χ2n) is 8.38. The van der Waals surface area contributed by atoms with E-state index in [4.69, 9.17) is 4.74 Å². The van der Waals surface area contributed by atoms with Crippen LogP contribution < -0.4 is 15.6 Å². The third-order valence-electron chi connectivity index (χ3n) is 6.07. The molecule has 0 aliphatic heterocycles. The van der Waals surface area contributed by atoms with Gasteiger partial charge in [0, 0.05) is 5.56 Å². The van der Waals surface area contributed by atoms with Crippen molar-refractivity contribution in [3.8, 4) is 11.4 Å². The molecule has 0 fully saturated rings. The van der Waals surface area contributed by atoms with Crippen LogP contribution in [0.5, 0.6) is 5.75 Å². The third kappa shape index (κ3) is 4.22. The van der Waals surface area contributed by atoms with E-state index in [0.717, 1.165) is 22.6 Å². The average molecular weight is 500 g/mol. The van der Waals surface area contributed by atoms with E-state index in [0.29, 0.717) is 21.8 Å². The summed E-state index contributed by atoms with van der Waals surface area (Å²) in [6, 6.07) is 22.4. The number of benzene rings is 3. The van der Waals surface area contributed by atoms with Crippen LogP contribution in [0.4, 0.5) is 0 Å². The van der Waals surface area contributed by atoms with E-state index in [1.54, 1.807) is 17.7 Å². The third-order valence-corrected chi connectivity index (χ3v) is 7.00. The largest absolute Gasteiger partial charge is 0.496 e. The van der Waals surface area contributed by atoms with Crippen molar-refractivity contribution in [2.45, 2.75) is 25.0 Å². The SMILES string of the molecule is COc1ccccc1C(C)NC(=O)CSc1nnc2n(-c3ccccc3C)c(=O)c3ccccc3n12. The summed E-state index contributed by atoms with van der Waals surface area (Å²) in [5, 5.41) is 12.8. The molecular weight excluding hydrogens is 474 g/mol. The number of carbonyl (C=O) groups is 1. The van der Waals surface area contributed by atoms with Crippen molar-refractivity contribution in [1.29, 1.82) is 0 Å². The lowest BCUT2D eigenvalue weighted by atomic mass is 10.1. The Labute approximate surface area is 211 Å². The number of hydrogen-bond donors (Lipinski definition) is 1. The van der Waals surface area contributed by atoms with Crippen LogP contribution in [-0.4, -0.2) is 37.9 Å². The summed E-state index contributed by atoms with van der Waals surface area (Å²) in [6.45, 7) is 3.87. The first-order valence-electron chi connectivity index (χ1n) is 11.5. The van der Waals surface area contributed by atoms with Crippen molar-refractivity contribution >= 4 is 34.3 Å². The molecule has 8 nitrogen and oxygen atoms in total. The van der Waals surface area contributed by atoms with E-state index in [-0.39, 0.29) is 23.3 Å². The number of rotatable bonds is 7. The molecule has 0 spiro atoms. The van der Waals surface area contributed by atoms with Crippen LogP contribution in [0.2, 0.25) is 0 Å². The van der Waals surface area contributed by atoms with Crippen LogP contribution in [0.15, 0.2) is 82.7 Å². The number of ether oxygens (including phenoxy) is 1. The van der Waals surface area contributed by atoms with Crippen molar-refractivity contribution in [2.24, 2.45) is 0 Å². The lowest BCUT2D eigenvalue weighted by molar-refractivity contribution is -0.119. The Balaban J connectivity index is 1.49. The number of hydrogen-bond acceptors (Lipinski definition) is 6. The number of fused-ring (bicyclic) bond motifs is 3. The predicted molar refractivity (Wildman–Crippen MR) is 141 cm³/mol. The zero-order valence-corrected chi connectivity index (χ0v) is 21.0. The van der Waals surface area contributed by atoms with Gasteiger partial charge in [0.2, 0.25) is 11.7 Å². The Morgan fingerprint density at radius 2 is 1.75 bits per heavy atom. The molecule has 1 N–H and O–H groups in total. The zero-order chi connectivity index (χ0) is 25.2. The van der Waals surface area contributed by atoms with Gasteiger partial charge in [-0.25, -0.2) is 4.57 Å². The fourth-order valence-electron chi connectivity index (χ4n) is 4.32. The molecule has 5 rings (SSSR count). The summed E-state index contributed by atoms with van der Waals surface area (Å²) in [6.07, 6.45) is 0. The minimum atomic E-state index is -0.226. The number of aromatic nitrogens is 4. The molecule has 1 amide bonds. The first-order chi connectivity index (χ1) is 17.5. The van der Waals surface area contributed by atoms with E-state index < -0.39 is 0 Å². The Kier molecular flexibility index (Phi) is 6.47. The standard InChI is InChI=1S/C27H25N5O3S/c1-17-10-4-7-13-21(17)31-25(34)20-12-5-8-14-22(20)32-26(31)29-30-27(32)36-16-24(33)28-18(2)19-11-6-9-15-23(19)35-3/h4-15,18H,16H2,1-3H3,(H,28,33). The molecule has 0 aliphatic rings. The van der Waals surface area contributed by atoms with Gasteiger partial charge >= 0.3 is 0 Å². The summed E-state index contributed by atoms with van der Waals surface area (Å²) in [5.74, 6) is 1.12. The van der Waals surface area contributed by atoms with E-state index in [1.165, 1.54) is 11.8 Å². The number of thioether (sulfide) groups is 1. The molecule has 5 aromatic rings. The van der Waals surface area contributed by atoms with E-state index in [9.17, 15) is 9.59 Å². The number of aryl methyl sites for hydroxylation is 1. The van der Waals surface area contributed by atoms with Gasteiger partial charge in [-0.15, -0.1) is 10.2 Å². The minimum Gasteiger partial charge on any atom is -0.496 e. The first-order valence-corrected chi connectivity index (χ1v) is 12.5. The van der Waals surface area contributed by atoms with Crippen LogP contribution in [0.3, 0.4) is 0 Å². The van der Waals surface area contributed by atoms with Crippen LogP contribution in [0.25, 0.3) is 22.4 Å². The van der Waals surface area contributed by atoms with Gasteiger partial charge in [-0.05, 0) is 43.7 Å².